The van der Waals surface area contributed by atoms with E-state index in [1.54, 1.807) is 19.2 Å². The molecule has 0 aliphatic carbocycles. The van der Waals surface area contributed by atoms with Gasteiger partial charge in [-0.2, -0.15) is 0 Å². The molecule has 0 aliphatic heterocycles. The minimum Gasteiger partial charge on any atom is -0.454 e. The molecular weight excluding hydrogens is 260 g/mol. The fraction of sp³-hybridized carbons (Fsp3) is 0.154. The molecule has 1 aromatic carbocycles. The normalized spacial score (nSPS) is 10.4. The molecule has 1 aromatic heterocycles. The van der Waals surface area contributed by atoms with Gasteiger partial charge in [0, 0.05) is 29.6 Å². The van der Waals surface area contributed by atoms with Gasteiger partial charge in [0.2, 0.25) is 0 Å². The number of ether oxygens (including phenoxy) is 1. The Morgan fingerprint density at radius 1 is 1.22 bits per heavy atom. The number of rotatable bonds is 3. The first kappa shape index (κ1) is 12.8. The molecule has 0 saturated heterocycles. The maximum absolute atomic E-state index is 13.5. The van der Waals surface area contributed by atoms with Gasteiger partial charge in [0.1, 0.15) is 11.6 Å². The summed E-state index contributed by atoms with van der Waals surface area (Å²) >= 11 is 5.73. The molecule has 5 heteroatoms. The first-order valence-corrected chi connectivity index (χ1v) is 5.78. The van der Waals surface area contributed by atoms with Crippen LogP contribution in [0.1, 0.15) is 11.3 Å². The van der Waals surface area contributed by atoms with Gasteiger partial charge >= 0.3 is 0 Å². The molecule has 18 heavy (non-hydrogen) atoms. The van der Waals surface area contributed by atoms with E-state index >= 15 is 0 Å². The lowest BCUT2D eigenvalue weighted by Crippen LogP contribution is -1.95. The van der Waals surface area contributed by atoms with Crippen LogP contribution in [-0.2, 0) is 5.88 Å². The molecule has 0 unspecified atom stereocenters. The van der Waals surface area contributed by atoms with Crippen LogP contribution in [0.25, 0.3) is 0 Å². The number of hydrogen-bond acceptors (Lipinski definition) is 2. The number of pyridine rings is 1. The zero-order chi connectivity index (χ0) is 13.1. The second-order valence-corrected chi connectivity index (χ2v) is 4.01. The van der Waals surface area contributed by atoms with Crippen molar-refractivity contribution in [3.63, 3.8) is 0 Å². The first-order chi connectivity index (χ1) is 8.60. The summed E-state index contributed by atoms with van der Waals surface area (Å²) in [6, 6.07) is 4.66. The fourth-order valence-electron chi connectivity index (χ4n) is 1.43. The van der Waals surface area contributed by atoms with E-state index in [4.69, 9.17) is 16.3 Å². The predicted molar refractivity (Wildman–Crippen MR) is 65.0 cm³/mol. The second kappa shape index (κ2) is 5.31. The largest absolute Gasteiger partial charge is 0.454 e. The molecule has 0 saturated carbocycles. The minimum absolute atomic E-state index is 0.174. The summed E-state index contributed by atoms with van der Waals surface area (Å²) < 4.78 is 31.8. The number of nitrogens with zero attached hydrogens (tertiary/aromatic N) is 1. The maximum atomic E-state index is 13.5. The molecule has 2 nitrogen and oxygen atoms in total. The summed E-state index contributed by atoms with van der Waals surface area (Å²) in [7, 11) is 0. The van der Waals surface area contributed by atoms with Crippen LogP contribution in [0.4, 0.5) is 8.78 Å². The van der Waals surface area contributed by atoms with E-state index in [0.29, 0.717) is 17.0 Å². The zero-order valence-corrected chi connectivity index (χ0v) is 10.3. The lowest BCUT2D eigenvalue weighted by molar-refractivity contribution is 0.432. The second-order valence-electron chi connectivity index (χ2n) is 3.74. The topological polar surface area (TPSA) is 22.1 Å². The Kier molecular flexibility index (Phi) is 3.77. The molecule has 0 radical (unpaired) electrons. The third-order valence-electron chi connectivity index (χ3n) is 2.34. The van der Waals surface area contributed by atoms with Crippen molar-refractivity contribution in [2.24, 2.45) is 0 Å². The van der Waals surface area contributed by atoms with Crippen LogP contribution >= 0.6 is 11.6 Å². The number of halogens is 3. The average molecular weight is 270 g/mol. The Labute approximate surface area is 108 Å². The number of alkyl halides is 1. The highest BCUT2D eigenvalue weighted by Crippen LogP contribution is 2.29. The van der Waals surface area contributed by atoms with Gasteiger partial charge in [-0.3, -0.25) is 4.98 Å². The molecule has 2 rings (SSSR count). The van der Waals surface area contributed by atoms with Crippen molar-refractivity contribution in [1.82, 2.24) is 4.98 Å². The highest BCUT2D eigenvalue weighted by molar-refractivity contribution is 6.17. The summed E-state index contributed by atoms with van der Waals surface area (Å²) in [5, 5.41) is 0. The highest BCUT2D eigenvalue weighted by Gasteiger charge is 2.10. The monoisotopic (exact) mass is 269 g/mol. The van der Waals surface area contributed by atoms with Gasteiger partial charge in [-0.1, -0.05) is 0 Å². The lowest BCUT2D eigenvalue weighted by Gasteiger charge is -2.10. The molecule has 0 atom stereocenters. The standard InChI is InChI=1S/C13H10ClF2NO/c1-8-4-12(9(6-14)7-17-8)18-13-5-10(15)2-3-11(13)16/h2-5,7H,6H2,1H3. The summed E-state index contributed by atoms with van der Waals surface area (Å²) in [5.41, 5.74) is 1.32. The van der Waals surface area contributed by atoms with Crippen molar-refractivity contribution in [2.45, 2.75) is 12.8 Å². The van der Waals surface area contributed by atoms with Crippen molar-refractivity contribution in [3.05, 3.63) is 53.4 Å². The van der Waals surface area contributed by atoms with Crippen LogP contribution in [-0.4, -0.2) is 4.98 Å². The van der Waals surface area contributed by atoms with Crippen LogP contribution in [0.15, 0.2) is 30.5 Å². The zero-order valence-electron chi connectivity index (χ0n) is 9.58. The minimum atomic E-state index is -0.633. The van der Waals surface area contributed by atoms with Gasteiger partial charge in [0.15, 0.2) is 11.6 Å². The Hall–Kier alpha value is -1.68. The van der Waals surface area contributed by atoms with Crippen molar-refractivity contribution < 1.29 is 13.5 Å². The van der Waals surface area contributed by atoms with Crippen LogP contribution in [0.5, 0.6) is 11.5 Å². The van der Waals surface area contributed by atoms with Crippen molar-refractivity contribution in [2.75, 3.05) is 0 Å². The molecule has 0 fully saturated rings. The molecule has 2 aromatic rings. The predicted octanol–water partition coefficient (Wildman–Crippen LogP) is 4.20. The van der Waals surface area contributed by atoms with Crippen molar-refractivity contribution in [1.29, 1.82) is 0 Å². The third kappa shape index (κ3) is 2.76. The smallest absolute Gasteiger partial charge is 0.165 e. The number of hydrogen-bond donors (Lipinski definition) is 0. The average Bonchev–Trinajstić information content (AvgIpc) is 2.34. The van der Waals surface area contributed by atoms with Crippen molar-refractivity contribution in [3.8, 4) is 11.5 Å². The summed E-state index contributed by atoms with van der Waals surface area (Å²) in [6.45, 7) is 1.77. The third-order valence-corrected chi connectivity index (χ3v) is 2.63. The molecule has 94 valence electrons. The van der Waals surface area contributed by atoms with Gasteiger partial charge in [-0.25, -0.2) is 8.78 Å². The molecule has 1 heterocycles. The summed E-state index contributed by atoms with van der Waals surface area (Å²) in [5.74, 6) is -0.815. The Balaban J connectivity index is 2.38. The highest BCUT2D eigenvalue weighted by atomic mass is 35.5. The van der Waals surface area contributed by atoms with Crippen LogP contribution in [0, 0.1) is 18.6 Å². The Morgan fingerprint density at radius 2 is 2.00 bits per heavy atom. The molecule has 0 amide bonds. The van der Waals surface area contributed by atoms with Gasteiger partial charge in [-0.05, 0) is 19.1 Å². The van der Waals surface area contributed by atoms with E-state index in [1.807, 2.05) is 0 Å². The van der Waals surface area contributed by atoms with Crippen LogP contribution < -0.4 is 4.74 Å². The number of aromatic nitrogens is 1. The van der Waals surface area contributed by atoms with Crippen LogP contribution in [0.3, 0.4) is 0 Å². The SMILES string of the molecule is Cc1cc(Oc2cc(F)ccc2F)c(CCl)cn1. The Bertz CT molecular complexity index is 575. The first-order valence-electron chi connectivity index (χ1n) is 5.24. The lowest BCUT2D eigenvalue weighted by atomic mass is 10.2. The van der Waals surface area contributed by atoms with Crippen LogP contribution in [0.2, 0.25) is 0 Å². The quantitative estimate of drug-likeness (QED) is 0.779. The molecule has 0 N–H and O–H groups in total. The fourth-order valence-corrected chi connectivity index (χ4v) is 1.63. The summed E-state index contributed by atoms with van der Waals surface area (Å²) in [4.78, 5) is 4.06. The molecule has 0 spiro atoms. The number of aryl methyl sites for hydroxylation is 1. The summed E-state index contributed by atoms with van der Waals surface area (Å²) in [6.07, 6.45) is 1.55. The molecule has 0 aliphatic rings. The molecular formula is C13H10ClF2NO. The molecule has 0 bridgehead atoms. The number of benzene rings is 1. The van der Waals surface area contributed by atoms with E-state index in [9.17, 15) is 8.78 Å². The van der Waals surface area contributed by atoms with E-state index in [1.165, 1.54) is 0 Å². The Morgan fingerprint density at radius 3 is 2.72 bits per heavy atom. The van der Waals surface area contributed by atoms with E-state index < -0.39 is 11.6 Å². The van der Waals surface area contributed by atoms with Crippen molar-refractivity contribution >= 4 is 11.6 Å². The maximum Gasteiger partial charge on any atom is 0.165 e. The van der Waals surface area contributed by atoms with Gasteiger partial charge < -0.3 is 4.74 Å². The van der Waals surface area contributed by atoms with E-state index in [-0.39, 0.29) is 11.6 Å². The van der Waals surface area contributed by atoms with E-state index in [2.05, 4.69) is 4.98 Å². The van der Waals surface area contributed by atoms with Gasteiger partial charge in [0.05, 0.1) is 5.88 Å². The van der Waals surface area contributed by atoms with Gasteiger partial charge in [-0.15, -0.1) is 11.6 Å². The van der Waals surface area contributed by atoms with E-state index in [0.717, 1.165) is 18.2 Å². The van der Waals surface area contributed by atoms with Gasteiger partial charge in [0.25, 0.3) is 0 Å².